The third kappa shape index (κ3) is 7.89. The van der Waals surface area contributed by atoms with E-state index in [1.54, 1.807) is 0 Å². The van der Waals surface area contributed by atoms with Crippen molar-refractivity contribution in [2.75, 3.05) is 0 Å². The fraction of sp³-hybridized carbons (Fsp3) is 0.524. The van der Waals surface area contributed by atoms with E-state index in [9.17, 15) is 0 Å². The normalized spacial score (nSPS) is 22.0. The third-order valence-electron chi connectivity index (χ3n) is 3.25. The summed E-state index contributed by atoms with van der Waals surface area (Å²) in [6, 6.07) is 6.81. The number of aryl methyl sites for hydroxylation is 1. The Hall–Kier alpha value is -0.950. The van der Waals surface area contributed by atoms with Crippen LogP contribution in [0.1, 0.15) is 59.1 Å². The number of thioether (sulfide) groups is 1. The van der Waals surface area contributed by atoms with E-state index in [-0.39, 0.29) is 0 Å². The molecule has 0 aromatic heterocycles. The molecule has 1 aliphatic rings. The zero-order chi connectivity index (χ0) is 17.0. The summed E-state index contributed by atoms with van der Waals surface area (Å²) in [7, 11) is 0. The van der Waals surface area contributed by atoms with Crippen LogP contribution < -0.4 is 0 Å². The molecule has 1 aromatic rings. The van der Waals surface area contributed by atoms with E-state index in [0.29, 0.717) is 11.2 Å². The fourth-order valence-corrected chi connectivity index (χ4v) is 3.24. The molecule has 0 N–H and O–H groups in total. The van der Waals surface area contributed by atoms with E-state index < -0.39 is 0 Å². The van der Waals surface area contributed by atoms with E-state index in [1.807, 2.05) is 39.5 Å². The highest BCUT2D eigenvalue weighted by molar-refractivity contribution is 8.00. The monoisotopic (exact) mass is 318 g/mol. The molecule has 1 heterocycles. The number of benzene rings is 1. The van der Waals surface area contributed by atoms with Crippen molar-refractivity contribution < 1.29 is 0 Å². The van der Waals surface area contributed by atoms with Crippen molar-refractivity contribution in [3.8, 4) is 0 Å². The molecule has 0 saturated heterocycles. The molecule has 0 nitrogen and oxygen atoms in total. The maximum Gasteiger partial charge on any atom is 0.0246 e. The minimum absolute atomic E-state index is 0.553. The molecule has 0 bridgehead atoms. The second-order valence-electron chi connectivity index (χ2n) is 5.21. The Morgan fingerprint density at radius 3 is 2.32 bits per heavy atom. The smallest absolute Gasteiger partial charge is 0.0246 e. The predicted octanol–water partition coefficient (Wildman–Crippen LogP) is 7.22. The first-order chi connectivity index (χ1) is 10.6. The van der Waals surface area contributed by atoms with E-state index >= 15 is 0 Å². The Kier molecular flexibility index (Phi) is 12.0. The van der Waals surface area contributed by atoms with Gasteiger partial charge in [-0.05, 0) is 44.2 Å². The molecule has 1 aromatic carbocycles. The topological polar surface area (TPSA) is 0 Å². The van der Waals surface area contributed by atoms with E-state index in [2.05, 4.69) is 63.3 Å². The summed E-state index contributed by atoms with van der Waals surface area (Å²) in [6.07, 6.45) is 11.5. The molecule has 124 valence electrons. The highest BCUT2D eigenvalue weighted by Crippen LogP contribution is 2.29. The molecule has 1 heteroatoms. The van der Waals surface area contributed by atoms with Gasteiger partial charge in [0.1, 0.15) is 0 Å². The first kappa shape index (κ1) is 21.0. The summed E-state index contributed by atoms with van der Waals surface area (Å²) in [5, 5.41) is 0.553. The maximum atomic E-state index is 2.34. The fourth-order valence-electron chi connectivity index (χ4n) is 2.21. The second kappa shape index (κ2) is 12.6. The van der Waals surface area contributed by atoms with Gasteiger partial charge >= 0.3 is 0 Å². The molecule has 0 saturated carbocycles. The van der Waals surface area contributed by atoms with Crippen LogP contribution in [0.2, 0.25) is 0 Å². The van der Waals surface area contributed by atoms with Crippen molar-refractivity contribution in [1.29, 1.82) is 0 Å². The first-order valence-corrected chi connectivity index (χ1v) is 9.62. The minimum atomic E-state index is 0.553. The summed E-state index contributed by atoms with van der Waals surface area (Å²) >= 11 is 1.97. The van der Waals surface area contributed by atoms with Gasteiger partial charge in [-0.1, -0.05) is 76.6 Å². The van der Waals surface area contributed by atoms with E-state index in [1.165, 1.54) is 16.0 Å². The molecule has 0 fully saturated rings. The zero-order valence-corrected chi connectivity index (χ0v) is 16.3. The lowest BCUT2D eigenvalue weighted by atomic mass is 10.0. The average molecular weight is 319 g/mol. The highest BCUT2D eigenvalue weighted by atomic mass is 32.2. The summed E-state index contributed by atoms with van der Waals surface area (Å²) in [5.74, 6) is 0.643. The molecule has 22 heavy (non-hydrogen) atoms. The summed E-state index contributed by atoms with van der Waals surface area (Å²) in [5.41, 5.74) is 2.82. The van der Waals surface area contributed by atoms with Gasteiger partial charge in [0.25, 0.3) is 0 Å². The van der Waals surface area contributed by atoms with Crippen LogP contribution in [0, 0.1) is 12.8 Å². The van der Waals surface area contributed by atoms with Crippen molar-refractivity contribution in [2.45, 2.75) is 71.5 Å². The molecule has 0 spiro atoms. The van der Waals surface area contributed by atoms with Crippen molar-refractivity contribution in [3.05, 3.63) is 53.6 Å². The Morgan fingerprint density at radius 1 is 0.955 bits per heavy atom. The van der Waals surface area contributed by atoms with Crippen molar-refractivity contribution in [3.63, 3.8) is 0 Å². The molecule has 2 rings (SSSR count). The van der Waals surface area contributed by atoms with Crippen molar-refractivity contribution in [1.82, 2.24) is 0 Å². The van der Waals surface area contributed by atoms with Crippen LogP contribution in [-0.2, 0) is 6.42 Å². The number of fused-ring (bicyclic) bond motifs is 1. The predicted molar refractivity (Wildman–Crippen MR) is 105 cm³/mol. The largest absolute Gasteiger partial charge is 0.119 e. The van der Waals surface area contributed by atoms with Crippen LogP contribution in [0.4, 0.5) is 0 Å². The van der Waals surface area contributed by atoms with Crippen LogP contribution in [0.25, 0.3) is 0 Å². The second-order valence-corrected chi connectivity index (χ2v) is 6.63. The lowest BCUT2D eigenvalue weighted by Crippen LogP contribution is -1.94. The van der Waals surface area contributed by atoms with Gasteiger partial charge in [-0.15, -0.1) is 11.8 Å². The van der Waals surface area contributed by atoms with Gasteiger partial charge < -0.3 is 0 Å². The number of hydrogen-bond acceptors (Lipinski definition) is 1. The quantitative estimate of drug-likeness (QED) is 0.455. The van der Waals surface area contributed by atoms with Gasteiger partial charge in [-0.3, -0.25) is 0 Å². The third-order valence-corrected chi connectivity index (χ3v) is 4.43. The molecule has 2 unspecified atom stereocenters. The molecular weight excluding hydrogens is 284 g/mol. The molecule has 0 radical (unpaired) electrons. The Balaban J connectivity index is 0.00000102. The van der Waals surface area contributed by atoms with Gasteiger partial charge in [0.15, 0.2) is 0 Å². The maximum absolute atomic E-state index is 2.34. The summed E-state index contributed by atoms with van der Waals surface area (Å²) in [4.78, 5) is 1.43. The molecule has 0 aliphatic carbocycles. The van der Waals surface area contributed by atoms with Crippen LogP contribution in [0.15, 0.2) is 47.4 Å². The van der Waals surface area contributed by atoms with Crippen LogP contribution in [-0.4, -0.2) is 5.25 Å². The average Bonchev–Trinajstić information content (AvgIpc) is 2.56. The number of rotatable bonds is 0. The molecule has 2 atom stereocenters. The highest BCUT2D eigenvalue weighted by Gasteiger charge is 2.07. The van der Waals surface area contributed by atoms with Gasteiger partial charge in [0.05, 0.1) is 0 Å². The van der Waals surface area contributed by atoms with Gasteiger partial charge in [-0.25, -0.2) is 0 Å². The van der Waals surface area contributed by atoms with Crippen LogP contribution in [0.3, 0.4) is 0 Å². The van der Waals surface area contributed by atoms with Crippen molar-refractivity contribution in [2.24, 2.45) is 5.92 Å². The molecule has 1 aliphatic heterocycles. The lowest BCUT2D eigenvalue weighted by Gasteiger charge is -2.11. The van der Waals surface area contributed by atoms with Gasteiger partial charge in [-0.2, -0.15) is 0 Å². The van der Waals surface area contributed by atoms with Gasteiger partial charge in [0.2, 0.25) is 0 Å². The molecule has 0 amide bonds. The first-order valence-electron chi connectivity index (χ1n) is 8.74. The van der Waals surface area contributed by atoms with Gasteiger partial charge in [0, 0.05) is 10.1 Å². The van der Waals surface area contributed by atoms with E-state index in [0.717, 1.165) is 12.8 Å². The zero-order valence-electron chi connectivity index (χ0n) is 15.5. The Labute approximate surface area is 143 Å². The SMILES string of the molecule is CC.CC.Cc1ccc2c(c1)CC=CC(C)C/C=C\C(C)S2. The van der Waals surface area contributed by atoms with Crippen LogP contribution >= 0.6 is 11.8 Å². The van der Waals surface area contributed by atoms with Crippen LogP contribution in [0.5, 0.6) is 0 Å². The van der Waals surface area contributed by atoms with Crippen molar-refractivity contribution >= 4 is 11.8 Å². The lowest BCUT2D eigenvalue weighted by molar-refractivity contribution is 0.740. The standard InChI is InChI=1S/C17H22S.2C2H6/c1-13-6-4-8-15(3)18-17-11-10-14(2)12-16(17)9-5-7-13;2*1-2/h4-5,7-8,10-13,15H,6,9H2,1-3H3;2*1-2H3/b7-5?,8-4-;;. The Morgan fingerprint density at radius 2 is 1.64 bits per heavy atom. The molecular formula is C21H34S. The number of allylic oxidation sites excluding steroid dienone is 3. The summed E-state index contributed by atoms with van der Waals surface area (Å²) in [6.45, 7) is 14.7. The Bertz CT molecular complexity index is 457. The van der Waals surface area contributed by atoms with E-state index in [4.69, 9.17) is 0 Å². The number of hydrogen-bond donors (Lipinski definition) is 0. The summed E-state index contributed by atoms with van der Waals surface area (Å²) < 4.78 is 0. The minimum Gasteiger partial charge on any atom is -0.119 e.